The molecule has 0 rings (SSSR count). The van der Waals surface area contributed by atoms with Gasteiger partial charge in [-0.1, -0.05) is 13.8 Å². The van der Waals surface area contributed by atoms with Crippen molar-refractivity contribution in [2.24, 2.45) is 0 Å². The standard InChI is InChI=1S/2C11H21O4.S.Sn/c2*1-3-4-5-13-6-7-14-8-9-15-11(2)10-12;;/h2*10-11H,2-9H2,1H3;;. The fraction of sp³-hybridized carbons (Fsp3) is 0.909. The van der Waals surface area contributed by atoms with Crippen LogP contribution in [0.5, 0.6) is 0 Å². The van der Waals surface area contributed by atoms with E-state index in [-0.39, 0.29) is 0 Å². The number of unbranched alkanes of at least 4 members (excludes halogenated alkanes) is 2. The molecule has 0 fully saturated rings. The summed E-state index contributed by atoms with van der Waals surface area (Å²) >= 11 is -2.37. The van der Waals surface area contributed by atoms with Gasteiger partial charge in [0.1, 0.15) is 0 Å². The quantitative estimate of drug-likeness (QED) is 0.0864. The summed E-state index contributed by atoms with van der Waals surface area (Å²) in [5.74, 6) is 0. The Morgan fingerprint density at radius 2 is 0.969 bits per heavy atom. The van der Waals surface area contributed by atoms with E-state index >= 15 is 0 Å². The second-order valence-electron chi connectivity index (χ2n) is 7.19. The molecule has 188 valence electrons. The Morgan fingerprint density at radius 1 is 0.625 bits per heavy atom. The number of hydrogen-bond donors (Lipinski definition) is 0. The van der Waals surface area contributed by atoms with E-state index in [0.29, 0.717) is 61.7 Å². The maximum absolute atomic E-state index is 11.3. The summed E-state index contributed by atoms with van der Waals surface area (Å²) < 4.78 is 33.9. The van der Waals surface area contributed by atoms with Gasteiger partial charge in [0.05, 0.1) is 0 Å². The minimum atomic E-state index is -2.37. The SMILES string of the molecule is CCCCOCCOCCOC(C=O)[CH2][Sn](=[S])[CH2]C(C=O)OCCOCCOCCCC. The van der Waals surface area contributed by atoms with Gasteiger partial charge in [0.15, 0.2) is 0 Å². The van der Waals surface area contributed by atoms with Crippen molar-refractivity contribution in [1.82, 2.24) is 0 Å². The minimum absolute atomic E-state index is 0.331. The van der Waals surface area contributed by atoms with E-state index in [1.54, 1.807) is 0 Å². The van der Waals surface area contributed by atoms with Crippen LogP contribution in [-0.4, -0.2) is 109 Å². The summed E-state index contributed by atoms with van der Waals surface area (Å²) in [4.78, 5) is 22.6. The molecule has 0 amide bonds. The van der Waals surface area contributed by atoms with Crippen LogP contribution in [0.4, 0.5) is 0 Å². The third-order valence-electron chi connectivity index (χ3n) is 4.31. The first kappa shape index (κ1) is 32.1. The molecule has 2 unspecified atom stereocenters. The molecule has 0 bridgehead atoms. The van der Waals surface area contributed by atoms with E-state index in [2.05, 4.69) is 13.8 Å². The van der Waals surface area contributed by atoms with Crippen LogP contribution in [-0.2, 0) is 38.0 Å². The fourth-order valence-electron chi connectivity index (χ4n) is 2.48. The van der Waals surface area contributed by atoms with Crippen LogP contribution in [0.2, 0.25) is 8.87 Å². The first-order valence-electron chi connectivity index (χ1n) is 11.6. The summed E-state index contributed by atoms with van der Waals surface area (Å²) in [7, 11) is 5.59. The van der Waals surface area contributed by atoms with Gasteiger partial charge in [-0.15, -0.1) is 0 Å². The predicted molar refractivity (Wildman–Crippen MR) is 128 cm³/mol. The number of carbonyl (C=O) groups is 2. The van der Waals surface area contributed by atoms with Crippen LogP contribution in [0.25, 0.3) is 0 Å². The molecule has 10 heteroatoms. The zero-order valence-electron chi connectivity index (χ0n) is 19.8. The van der Waals surface area contributed by atoms with Crippen molar-refractivity contribution in [3.05, 3.63) is 0 Å². The van der Waals surface area contributed by atoms with Crippen LogP contribution in [0.15, 0.2) is 0 Å². The van der Waals surface area contributed by atoms with Crippen molar-refractivity contribution in [2.45, 2.75) is 60.6 Å². The maximum atomic E-state index is 11.3. The zero-order chi connectivity index (χ0) is 23.7. The van der Waals surface area contributed by atoms with Crippen molar-refractivity contribution < 1.29 is 38.0 Å². The van der Waals surface area contributed by atoms with Crippen LogP contribution < -0.4 is 0 Å². The molecule has 32 heavy (non-hydrogen) atoms. The molecule has 0 spiro atoms. The Balaban J connectivity index is 3.78. The van der Waals surface area contributed by atoms with Gasteiger partial charge in [0.25, 0.3) is 0 Å². The minimum Gasteiger partial charge on any atom is -0.0653 e. The van der Waals surface area contributed by atoms with E-state index in [1.807, 2.05) is 0 Å². The summed E-state index contributed by atoms with van der Waals surface area (Å²) in [5.41, 5.74) is 0. The van der Waals surface area contributed by atoms with Crippen molar-refractivity contribution in [2.75, 3.05) is 66.1 Å². The van der Waals surface area contributed by atoms with E-state index in [1.165, 1.54) is 0 Å². The predicted octanol–water partition coefficient (Wildman–Crippen LogP) is 3.01. The van der Waals surface area contributed by atoms with Gasteiger partial charge in [-0.05, 0) is 0 Å². The molecule has 0 N–H and O–H groups in total. The zero-order valence-corrected chi connectivity index (χ0v) is 23.5. The van der Waals surface area contributed by atoms with Crippen LogP contribution in [0.3, 0.4) is 0 Å². The Hall–Kier alpha value is 0.119. The van der Waals surface area contributed by atoms with Crippen LogP contribution >= 0.6 is 9.29 Å². The molecule has 0 aromatic rings. The van der Waals surface area contributed by atoms with E-state index in [9.17, 15) is 9.59 Å². The number of hydrogen-bond acceptors (Lipinski definition) is 9. The average Bonchev–Trinajstić information content (AvgIpc) is 2.80. The van der Waals surface area contributed by atoms with E-state index < -0.39 is 30.0 Å². The molecule has 0 aliphatic heterocycles. The Labute approximate surface area is 203 Å². The number of carbonyl (C=O) groups excluding carboxylic acids is 2. The summed E-state index contributed by atoms with van der Waals surface area (Å²) in [6, 6.07) is 0. The van der Waals surface area contributed by atoms with Gasteiger partial charge in [-0.2, -0.15) is 0 Å². The molecule has 0 aliphatic carbocycles. The van der Waals surface area contributed by atoms with E-state index in [0.717, 1.165) is 51.5 Å². The topological polar surface area (TPSA) is 89.5 Å². The number of aldehydes is 2. The summed E-state index contributed by atoms with van der Waals surface area (Å²) in [6.07, 6.45) is 4.83. The Bertz CT molecular complexity index is 418. The molecular weight excluding hydrogens is 543 g/mol. The molecule has 0 radical (unpaired) electrons. The average molecular weight is 585 g/mol. The Kier molecular flexibility index (Phi) is 25.8. The van der Waals surface area contributed by atoms with Crippen molar-refractivity contribution in [3.63, 3.8) is 0 Å². The van der Waals surface area contributed by atoms with Gasteiger partial charge >= 0.3 is 191 Å². The monoisotopic (exact) mass is 586 g/mol. The molecule has 8 nitrogen and oxygen atoms in total. The first-order valence-corrected chi connectivity index (χ1v) is 19.6. The summed E-state index contributed by atoms with van der Waals surface area (Å²) in [6.45, 7) is 9.35. The Morgan fingerprint density at radius 3 is 1.31 bits per heavy atom. The third kappa shape index (κ3) is 21.9. The molecule has 0 heterocycles. The second kappa shape index (κ2) is 25.7. The molecule has 0 aromatic heterocycles. The second-order valence-corrected chi connectivity index (χ2v) is 16.5. The van der Waals surface area contributed by atoms with Crippen LogP contribution in [0, 0.1) is 0 Å². The van der Waals surface area contributed by atoms with Gasteiger partial charge < -0.3 is 0 Å². The third-order valence-corrected chi connectivity index (χ3v) is 11.4. The fourth-order valence-corrected chi connectivity index (χ4v) is 8.94. The molecule has 0 saturated carbocycles. The number of rotatable bonds is 26. The van der Waals surface area contributed by atoms with Gasteiger partial charge in [0, 0.05) is 0 Å². The molecule has 2 atom stereocenters. The van der Waals surface area contributed by atoms with Gasteiger partial charge in [0.2, 0.25) is 0 Å². The molecule has 0 aromatic carbocycles. The summed E-state index contributed by atoms with van der Waals surface area (Å²) in [5, 5.41) is 0. The van der Waals surface area contributed by atoms with E-state index in [4.69, 9.17) is 37.7 Å². The first-order chi connectivity index (χ1) is 15.7. The van der Waals surface area contributed by atoms with Gasteiger partial charge in [-0.3, -0.25) is 0 Å². The normalized spacial score (nSPS) is 13.1. The van der Waals surface area contributed by atoms with Crippen molar-refractivity contribution in [3.8, 4) is 0 Å². The molecular formula is C22H42O8SSn. The molecule has 0 saturated heterocycles. The number of ether oxygens (including phenoxy) is 6. The van der Waals surface area contributed by atoms with Crippen LogP contribution in [0.1, 0.15) is 39.5 Å². The molecule has 0 aliphatic rings. The van der Waals surface area contributed by atoms with Crippen molar-refractivity contribution >= 4 is 39.7 Å². The van der Waals surface area contributed by atoms with Gasteiger partial charge in [-0.25, -0.2) is 0 Å². The smallest absolute Gasteiger partial charge is 0.0653 e. The van der Waals surface area contributed by atoms with Crippen molar-refractivity contribution in [1.29, 1.82) is 0 Å².